The van der Waals surface area contributed by atoms with E-state index in [1.54, 1.807) is 6.20 Å². The lowest BCUT2D eigenvalue weighted by Gasteiger charge is -2.15. The Hall–Kier alpha value is -2.54. The molecule has 5 rings (SSSR count). The van der Waals surface area contributed by atoms with Crippen LogP contribution in [0.25, 0.3) is 17.0 Å². The summed E-state index contributed by atoms with van der Waals surface area (Å²) in [6.07, 6.45) is 5.30. The largest absolute Gasteiger partial charge is 0.363 e. The average molecular weight is 338 g/mol. The smallest absolute Gasteiger partial charge is 0.154 e. The summed E-state index contributed by atoms with van der Waals surface area (Å²) in [4.78, 5) is 9.11. The van der Waals surface area contributed by atoms with Crippen LogP contribution in [-0.4, -0.2) is 44.9 Å². The zero-order chi connectivity index (χ0) is 16.8. The maximum atomic E-state index is 13.8. The summed E-state index contributed by atoms with van der Waals surface area (Å²) in [6.45, 7) is 0.992. The number of pyridine rings is 1. The van der Waals surface area contributed by atoms with E-state index >= 15 is 0 Å². The van der Waals surface area contributed by atoms with E-state index in [1.807, 2.05) is 28.9 Å². The van der Waals surface area contributed by atoms with E-state index in [-0.39, 0.29) is 6.04 Å². The van der Waals surface area contributed by atoms with Gasteiger partial charge in [0, 0.05) is 13.1 Å². The molecule has 2 atom stereocenters. The van der Waals surface area contributed by atoms with Gasteiger partial charge in [0.1, 0.15) is 17.7 Å². The second-order valence-electron chi connectivity index (χ2n) is 6.81. The van der Waals surface area contributed by atoms with Crippen LogP contribution in [0.4, 0.5) is 10.2 Å². The number of imidazole rings is 1. The summed E-state index contributed by atoms with van der Waals surface area (Å²) < 4.78 is 15.6. The molecule has 6 nitrogen and oxygen atoms in total. The van der Waals surface area contributed by atoms with Crippen LogP contribution in [0.1, 0.15) is 24.3 Å². The molecule has 3 aromatic rings. The molecule has 0 radical (unpaired) electrons. The van der Waals surface area contributed by atoms with E-state index in [0.717, 1.165) is 17.0 Å². The van der Waals surface area contributed by atoms with Gasteiger partial charge >= 0.3 is 0 Å². The van der Waals surface area contributed by atoms with Gasteiger partial charge < -0.3 is 10.6 Å². The number of anilines is 1. The van der Waals surface area contributed by atoms with Crippen molar-refractivity contribution in [3.63, 3.8) is 0 Å². The summed E-state index contributed by atoms with van der Waals surface area (Å²) in [5.41, 5.74) is 3.70. The number of nitrogens with one attached hydrogen (secondary N) is 2. The Bertz CT molecular complexity index is 919. The van der Waals surface area contributed by atoms with Crippen molar-refractivity contribution in [3.8, 4) is 11.4 Å². The second kappa shape index (κ2) is 5.77. The third-order valence-electron chi connectivity index (χ3n) is 4.92. The van der Waals surface area contributed by atoms with Crippen molar-refractivity contribution in [2.45, 2.75) is 31.0 Å². The number of rotatable bonds is 4. The van der Waals surface area contributed by atoms with Crippen molar-refractivity contribution in [1.82, 2.24) is 24.9 Å². The first-order valence-electron chi connectivity index (χ1n) is 8.70. The normalized spacial score (nSPS) is 23.2. The minimum Gasteiger partial charge on any atom is -0.363 e. The molecule has 2 fully saturated rings. The summed E-state index contributed by atoms with van der Waals surface area (Å²) in [7, 11) is 0. The zero-order valence-corrected chi connectivity index (χ0v) is 13.7. The van der Waals surface area contributed by atoms with Gasteiger partial charge in [-0.1, -0.05) is 6.07 Å². The third-order valence-corrected chi connectivity index (χ3v) is 4.92. The molecular weight excluding hydrogens is 319 g/mol. The van der Waals surface area contributed by atoms with Crippen molar-refractivity contribution < 1.29 is 4.39 Å². The van der Waals surface area contributed by atoms with Crippen LogP contribution < -0.4 is 10.6 Å². The molecule has 0 unspecified atom stereocenters. The monoisotopic (exact) mass is 338 g/mol. The van der Waals surface area contributed by atoms with E-state index in [4.69, 9.17) is 0 Å². The standard InChI is InChI=1S/C18H19FN6/c19-13-8-20-9-15(13)24-17-3-1-2-14(23-17)16-10-21-18-6-12(11-4-5-11)7-22-25(16)18/h1-3,6-7,10-11,13,15,20H,4-5,8-9H2,(H,23,24)/t13-,15-/m0/s1. The molecular formula is C18H19FN6. The minimum atomic E-state index is -0.899. The molecule has 3 aromatic heterocycles. The van der Waals surface area contributed by atoms with E-state index in [1.165, 1.54) is 18.4 Å². The van der Waals surface area contributed by atoms with Gasteiger partial charge in [0.25, 0.3) is 0 Å². The molecule has 0 amide bonds. The summed E-state index contributed by atoms with van der Waals surface area (Å²) >= 11 is 0. The zero-order valence-electron chi connectivity index (χ0n) is 13.7. The fourth-order valence-electron chi connectivity index (χ4n) is 3.34. The second-order valence-corrected chi connectivity index (χ2v) is 6.81. The minimum absolute atomic E-state index is 0.246. The lowest BCUT2D eigenvalue weighted by atomic mass is 10.2. The molecule has 1 aliphatic carbocycles. The number of halogens is 1. The van der Waals surface area contributed by atoms with Crippen LogP contribution in [0, 0.1) is 0 Å². The SMILES string of the molecule is F[C@H]1CNC[C@@H]1Nc1cccc(-c2cnc3cc(C4CC4)cnn23)n1. The molecule has 1 saturated carbocycles. The van der Waals surface area contributed by atoms with Gasteiger partial charge in [-0.15, -0.1) is 0 Å². The summed E-state index contributed by atoms with van der Waals surface area (Å²) in [5, 5.41) is 10.8. The number of hydrogen-bond acceptors (Lipinski definition) is 5. The molecule has 1 aliphatic heterocycles. The summed E-state index contributed by atoms with van der Waals surface area (Å²) in [6, 6.07) is 7.55. The van der Waals surface area contributed by atoms with E-state index in [0.29, 0.717) is 24.8 Å². The first-order chi connectivity index (χ1) is 12.3. The maximum absolute atomic E-state index is 13.8. The molecule has 0 spiro atoms. The molecule has 0 aromatic carbocycles. The lowest BCUT2D eigenvalue weighted by Crippen LogP contribution is -2.29. The van der Waals surface area contributed by atoms with Crippen LogP contribution in [0.2, 0.25) is 0 Å². The van der Waals surface area contributed by atoms with Gasteiger partial charge in [0.2, 0.25) is 0 Å². The van der Waals surface area contributed by atoms with Gasteiger partial charge in [0.15, 0.2) is 5.65 Å². The van der Waals surface area contributed by atoms with Crippen LogP contribution in [0.15, 0.2) is 36.7 Å². The highest BCUT2D eigenvalue weighted by Crippen LogP contribution is 2.40. The average Bonchev–Trinajstić information content (AvgIpc) is 3.28. The predicted octanol–water partition coefficient (Wildman–Crippen LogP) is 2.39. The Morgan fingerprint density at radius 3 is 2.92 bits per heavy atom. The third kappa shape index (κ3) is 2.74. The van der Waals surface area contributed by atoms with Crippen molar-refractivity contribution in [2.24, 2.45) is 0 Å². The Balaban J connectivity index is 1.46. The van der Waals surface area contributed by atoms with Gasteiger partial charge in [-0.25, -0.2) is 18.9 Å². The predicted molar refractivity (Wildman–Crippen MR) is 93.4 cm³/mol. The van der Waals surface area contributed by atoms with E-state index < -0.39 is 6.17 Å². The van der Waals surface area contributed by atoms with Gasteiger partial charge in [0.05, 0.1) is 24.1 Å². The van der Waals surface area contributed by atoms with Gasteiger partial charge in [-0.2, -0.15) is 5.10 Å². The number of nitrogens with zero attached hydrogens (tertiary/aromatic N) is 4. The van der Waals surface area contributed by atoms with Gasteiger partial charge in [-0.05, 0) is 42.5 Å². The van der Waals surface area contributed by atoms with Crippen molar-refractivity contribution in [2.75, 3.05) is 18.4 Å². The summed E-state index contributed by atoms with van der Waals surface area (Å²) in [5.74, 6) is 1.32. The molecule has 2 aliphatic rings. The quantitative estimate of drug-likeness (QED) is 0.765. The fourth-order valence-corrected chi connectivity index (χ4v) is 3.34. The molecule has 25 heavy (non-hydrogen) atoms. The molecule has 7 heteroatoms. The van der Waals surface area contributed by atoms with Crippen LogP contribution in [-0.2, 0) is 0 Å². The number of hydrogen-bond donors (Lipinski definition) is 2. The van der Waals surface area contributed by atoms with Crippen LogP contribution >= 0.6 is 0 Å². The Morgan fingerprint density at radius 2 is 2.12 bits per heavy atom. The molecule has 4 heterocycles. The van der Waals surface area contributed by atoms with Crippen LogP contribution in [0.5, 0.6) is 0 Å². The lowest BCUT2D eigenvalue weighted by molar-refractivity contribution is 0.342. The van der Waals surface area contributed by atoms with Crippen LogP contribution in [0.3, 0.4) is 0 Å². The first kappa shape index (κ1) is 14.8. The van der Waals surface area contributed by atoms with Crippen molar-refractivity contribution in [3.05, 3.63) is 42.2 Å². The Morgan fingerprint density at radius 1 is 1.20 bits per heavy atom. The molecule has 0 bridgehead atoms. The van der Waals surface area contributed by atoms with E-state index in [9.17, 15) is 4.39 Å². The number of fused-ring (bicyclic) bond motifs is 1. The van der Waals surface area contributed by atoms with E-state index in [2.05, 4.69) is 31.8 Å². The molecule has 2 N–H and O–H groups in total. The van der Waals surface area contributed by atoms with Crippen molar-refractivity contribution in [1.29, 1.82) is 0 Å². The highest BCUT2D eigenvalue weighted by molar-refractivity contribution is 5.61. The Labute approximate surface area is 144 Å². The molecule has 1 saturated heterocycles. The highest BCUT2D eigenvalue weighted by atomic mass is 19.1. The number of aromatic nitrogens is 4. The first-order valence-corrected chi connectivity index (χ1v) is 8.70. The number of alkyl halides is 1. The highest BCUT2D eigenvalue weighted by Gasteiger charge is 2.27. The topological polar surface area (TPSA) is 67.1 Å². The fraction of sp³-hybridized carbons (Fsp3) is 0.389. The Kier molecular flexibility index (Phi) is 3.41. The molecule has 128 valence electrons. The van der Waals surface area contributed by atoms with Crippen molar-refractivity contribution >= 4 is 11.5 Å². The maximum Gasteiger partial charge on any atom is 0.154 e. The van der Waals surface area contributed by atoms with Gasteiger partial charge in [-0.3, -0.25) is 0 Å².